The van der Waals surface area contributed by atoms with Gasteiger partial charge < -0.3 is 9.84 Å². The summed E-state index contributed by atoms with van der Waals surface area (Å²) in [5, 5.41) is 9.86. The zero-order valence-corrected chi connectivity index (χ0v) is 12.9. The Morgan fingerprint density at radius 2 is 1.95 bits per heavy atom. The Labute approximate surface area is 124 Å². The summed E-state index contributed by atoms with van der Waals surface area (Å²) < 4.78 is 6.99. The summed E-state index contributed by atoms with van der Waals surface area (Å²) in [6.45, 7) is 5.33. The Bertz CT molecular complexity index is 697. The summed E-state index contributed by atoms with van der Waals surface area (Å²) in [5.41, 5.74) is 0.162. The van der Waals surface area contributed by atoms with Gasteiger partial charge in [-0.1, -0.05) is 6.07 Å². The lowest BCUT2D eigenvalue weighted by atomic mass is 10.1. The van der Waals surface area contributed by atoms with Crippen LogP contribution in [0.3, 0.4) is 0 Å². The lowest BCUT2D eigenvalue weighted by Gasteiger charge is -2.19. The first kappa shape index (κ1) is 14.6. The van der Waals surface area contributed by atoms with Crippen molar-refractivity contribution >= 4 is 38.9 Å². The van der Waals surface area contributed by atoms with E-state index in [2.05, 4.69) is 15.9 Å². The molecule has 1 N–H and O–H groups in total. The second kappa shape index (κ2) is 4.94. The second-order valence-electron chi connectivity index (χ2n) is 5.36. The highest BCUT2D eigenvalue weighted by atomic mass is 79.9. The Morgan fingerprint density at radius 1 is 1.30 bits per heavy atom. The third kappa shape index (κ3) is 2.85. The van der Waals surface area contributed by atoms with E-state index in [9.17, 15) is 9.59 Å². The lowest BCUT2D eigenvalue weighted by molar-refractivity contribution is 0.00696. The summed E-state index contributed by atoms with van der Waals surface area (Å²) in [4.78, 5) is 23.2. The molecule has 0 spiro atoms. The molecule has 0 aliphatic heterocycles. The molecule has 0 radical (unpaired) electrons. The fourth-order valence-corrected chi connectivity index (χ4v) is 2.35. The number of hydrogen-bond donors (Lipinski definition) is 1. The standard InChI is InChI=1S/C14H14BrNO4/c1-14(2,3)20-12(17)8-4-5-9-10(15)7-16(13(18)19)11(9)6-8/h4-7H,1-3H3,(H,18,19). The van der Waals surface area contributed by atoms with E-state index in [1.54, 1.807) is 32.9 Å². The highest BCUT2D eigenvalue weighted by molar-refractivity contribution is 9.10. The highest BCUT2D eigenvalue weighted by Crippen LogP contribution is 2.27. The molecule has 0 bridgehead atoms. The van der Waals surface area contributed by atoms with Crippen molar-refractivity contribution in [1.82, 2.24) is 4.57 Å². The minimum atomic E-state index is -1.11. The maximum Gasteiger partial charge on any atom is 0.416 e. The molecular weight excluding hydrogens is 326 g/mol. The van der Waals surface area contributed by atoms with Crippen LogP contribution in [0.1, 0.15) is 31.1 Å². The molecule has 1 heterocycles. The SMILES string of the molecule is CC(C)(C)OC(=O)c1ccc2c(Br)cn(C(=O)O)c2c1. The van der Waals surface area contributed by atoms with Gasteiger partial charge in [0.25, 0.3) is 0 Å². The fourth-order valence-electron chi connectivity index (χ4n) is 1.81. The van der Waals surface area contributed by atoms with Gasteiger partial charge in [0.15, 0.2) is 0 Å². The minimum absolute atomic E-state index is 0.320. The molecule has 0 amide bonds. The second-order valence-corrected chi connectivity index (χ2v) is 6.22. The number of rotatable bonds is 1. The monoisotopic (exact) mass is 339 g/mol. The van der Waals surface area contributed by atoms with Crippen LogP contribution in [0.25, 0.3) is 10.9 Å². The number of carbonyl (C=O) groups is 2. The Morgan fingerprint density at radius 3 is 2.50 bits per heavy atom. The quantitative estimate of drug-likeness (QED) is 0.800. The van der Waals surface area contributed by atoms with Crippen LogP contribution in [-0.4, -0.2) is 27.3 Å². The molecule has 0 saturated carbocycles. The maximum atomic E-state index is 12.0. The van der Waals surface area contributed by atoms with Crippen LogP contribution in [0.2, 0.25) is 0 Å². The van der Waals surface area contributed by atoms with Gasteiger partial charge >= 0.3 is 12.1 Å². The van der Waals surface area contributed by atoms with Crippen molar-refractivity contribution < 1.29 is 19.4 Å². The average Bonchev–Trinajstić information content (AvgIpc) is 2.64. The van der Waals surface area contributed by atoms with Crippen molar-refractivity contribution in [3.05, 3.63) is 34.4 Å². The van der Waals surface area contributed by atoms with E-state index >= 15 is 0 Å². The summed E-state index contributed by atoms with van der Waals surface area (Å²) >= 11 is 3.30. The van der Waals surface area contributed by atoms with Gasteiger partial charge in [0, 0.05) is 16.1 Å². The number of nitrogens with zero attached hydrogens (tertiary/aromatic N) is 1. The number of esters is 1. The van der Waals surface area contributed by atoms with Crippen molar-refractivity contribution in [2.24, 2.45) is 0 Å². The molecule has 6 heteroatoms. The molecule has 20 heavy (non-hydrogen) atoms. The van der Waals surface area contributed by atoms with Crippen molar-refractivity contribution in [3.8, 4) is 0 Å². The third-order valence-corrected chi connectivity index (χ3v) is 3.23. The zero-order chi connectivity index (χ0) is 15.1. The molecule has 1 aromatic carbocycles. The number of carboxylic acid groups (broad SMARTS) is 1. The maximum absolute atomic E-state index is 12.0. The van der Waals surface area contributed by atoms with Gasteiger partial charge in [0.2, 0.25) is 0 Å². The number of carbonyl (C=O) groups excluding carboxylic acids is 1. The number of ether oxygens (including phenoxy) is 1. The van der Waals surface area contributed by atoms with Crippen molar-refractivity contribution in [1.29, 1.82) is 0 Å². The predicted octanol–water partition coefficient (Wildman–Crippen LogP) is 3.89. The van der Waals surface area contributed by atoms with Gasteiger partial charge in [-0.25, -0.2) is 9.59 Å². The molecule has 0 atom stereocenters. The first-order chi connectivity index (χ1) is 9.19. The molecule has 0 aliphatic carbocycles. The predicted molar refractivity (Wildman–Crippen MR) is 78.2 cm³/mol. The third-order valence-electron chi connectivity index (χ3n) is 2.60. The summed E-state index contributed by atoms with van der Waals surface area (Å²) in [6, 6.07) is 4.83. The van der Waals surface area contributed by atoms with E-state index in [1.807, 2.05) is 0 Å². The smallest absolute Gasteiger partial charge is 0.416 e. The molecule has 0 saturated heterocycles. The van der Waals surface area contributed by atoms with Crippen molar-refractivity contribution in [2.75, 3.05) is 0 Å². The van der Waals surface area contributed by atoms with Gasteiger partial charge in [0.1, 0.15) is 5.60 Å². The first-order valence-electron chi connectivity index (χ1n) is 5.96. The summed E-state index contributed by atoms with van der Waals surface area (Å²) in [5.74, 6) is -0.478. The van der Waals surface area contributed by atoms with Gasteiger partial charge in [-0.3, -0.25) is 4.57 Å². The lowest BCUT2D eigenvalue weighted by Crippen LogP contribution is -2.23. The van der Waals surface area contributed by atoms with E-state index in [0.717, 1.165) is 9.95 Å². The number of hydrogen-bond acceptors (Lipinski definition) is 3. The van der Waals surface area contributed by atoms with E-state index in [0.29, 0.717) is 15.6 Å². The topological polar surface area (TPSA) is 68.5 Å². The van der Waals surface area contributed by atoms with Gasteiger partial charge in [-0.2, -0.15) is 0 Å². The number of aromatic nitrogens is 1. The molecule has 0 fully saturated rings. The summed E-state index contributed by atoms with van der Waals surface area (Å²) in [7, 11) is 0. The zero-order valence-electron chi connectivity index (χ0n) is 11.3. The van der Waals surface area contributed by atoms with E-state index < -0.39 is 17.7 Å². The van der Waals surface area contributed by atoms with E-state index in [-0.39, 0.29) is 0 Å². The first-order valence-corrected chi connectivity index (χ1v) is 6.75. The normalized spacial score (nSPS) is 11.6. The van der Waals surface area contributed by atoms with Gasteiger partial charge in [-0.15, -0.1) is 0 Å². The number of fused-ring (bicyclic) bond motifs is 1. The molecule has 2 aromatic rings. The van der Waals surface area contributed by atoms with Crippen LogP contribution in [0, 0.1) is 0 Å². The number of halogens is 1. The highest BCUT2D eigenvalue weighted by Gasteiger charge is 2.19. The Kier molecular flexibility index (Phi) is 3.60. The largest absolute Gasteiger partial charge is 0.464 e. The minimum Gasteiger partial charge on any atom is -0.464 e. The fraction of sp³-hybridized carbons (Fsp3) is 0.286. The average molecular weight is 340 g/mol. The summed E-state index contributed by atoms with van der Waals surface area (Å²) in [6.07, 6.45) is 0.341. The molecule has 0 unspecified atom stereocenters. The van der Waals surface area contributed by atoms with Crippen LogP contribution < -0.4 is 0 Å². The van der Waals surface area contributed by atoms with Crippen molar-refractivity contribution in [2.45, 2.75) is 26.4 Å². The van der Waals surface area contributed by atoms with Crippen LogP contribution in [0.5, 0.6) is 0 Å². The Balaban J connectivity index is 2.50. The molecule has 2 rings (SSSR count). The van der Waals surface area contributed by atoms with E-state index in [1.165, 1.54) is 12.3 Å². The number of benzene rings is 1. The molecule has 5 nitrogen and oxygen atoms in total. The van der Waals surface area contributed by atoms with E-state index in [4.69, 9.17) is 9.84 Å². The molecular formula is C14H14BrNO4. The van der Waals surface area contributed by atoms with Crippen LogP contribution in [0.4, 0.5) is 4.79 Å². The molecule has 106 valence electrons. The van der Waals surface area contributed by atoms with Crippen LogP contribution in [0.15, 0.2) is 28.9 Å². The molecule has 0 aliphatic rings. The van der Waals surface area contributed by atoms with Gasteiger partial charge in [0.05, 0.1) is 11.1 Å². The van der Waals surface area contributed by atoms with Crippen molar-refractivity contribution in [3.63, 3.8) is 0 Å². The Hall–Kier alpha value is -1.82. The molecule has 1 aromatic heterocycles. The van der Waals surface area contributed by atoms with Crippen LogP contribution >= 0.6 is 15.9 Å². The van der Waals surface area contributed by atoms with Gasteiger partial charge in [-0.05, 0) is 48.8 Å². The van der Waals surface area contributed by atoms with Crippen LogP contribution in [-0.2, 0) is 4.74 Å².